The van der Waals surface area contributed by atoms with Crippen molar-refractivity contribution in [2.24, 2.45) is 7.05 Å². The van der Waals surface area contributed by atoms with E-state index >= 15 is 0 Å². The molecule has 10 nitrogen and oxygen atoms in total. The number of aryl methyl sites for hydroxylation is 1. The minimum atomic E-state index is -3.24. The summed E-state index contributed by atoms with van der Waals surface area (Å²) in [6.07, 6.45) is 3.21. The van der Waals surface area contributed by atoms with E-state index in [1.54, 1.807) is 49.1 Å². The van der Waals surface area contributed by atoms with Crippen LogP contribution in [0.3, 0.4) is 0 Å². The Morgan fingerprint density at radius 2 is 1.83 bits per heavy atom. The summed E-state index contributed by atoms with van der Waals surface area (Å²) in [6.45, 7) is 1.58. The van der Waals surface area contributed by atoms with Gasteiger partial charge >= 0.3 is 6.03 Å². The van der Waals surface area contributed by atoms with Crippen molar-refractivity contribution < 1.29 is 13.2 Å². The summed E-state index contributed by atoms with van der Waals surface area (Å²) in [5, 5.41) is 9.35. The number of nitrogen functional groups attached to an aromatic ring is 1. The summed E-state index contributed by atoms with van der Waals surface area (Å²) < 4.78 is 25.3. The van der Waals surface area contributed by atoms with Crippen LogP contribution in [-0.4, -0.2) is 40.0 Å². The van der Waals surface area contributed by atoms with Gasteiger partial charge < -0.3 is 16.4 Å². The van der Waals surface area contributed by atoms with Gasteiger partial charge in [-0.25, -0.2) is 23.2 Å². The Kier molecular flexibility index (Phi) is 5.78. The van der Waals surface area contributed by atoms with E-state index in [1.807, 2.05) is 0 Å². The Morgan fingerprint density at radius 3 is 2.45 bits per heavy atom. The normalized spacial score (nSPS) is 11.2. The van der Waals surface area contributed by atoms with Gasteiger partial charge in [0, 0.05) is 36.3 Å². The van der Waals surface area contributed by atoms with Gasteiger partial charge in [-0.15, -0.1) is 0 Å². The second-order valence-electron chi connectivity index (χ2n) is 6.34. The van der Waals surface area contributed by atoms with Crippen LogP contribution in [0.4, 0.5) is 22.0 Å². The van der Waals surface area contributed by atoms with Crippen LogP contribution in [-0.2, 0) is 22.6 Å². The summed E-state index contributed by atoms with van der Waals surface area (Å²) in [5.41, 5.74) is 7.93. The first-order valence-electron chi connectivity index (χ1n) is 8.75. The third-order valence-corrected chi connectivity index (χ3v) is 5.59. The zero-order valence-electron chi connectivity index (χ0n) is 16.0. The molecule has 0 aliphatic carbocycles. The average molecular weight is 415 g/mol. The van der Waals surface area contributed by atoms with E-state index < -0.39 is 15.9 Å². The van der Waals surface area contributed by atoms with Gasteiger partial charge in [-0.2, -0.15) is 5.10 Å². The Balaban J connectivity index is 1.72. The molecule has 0 fully saturated rings. The number of anilines is 3. The number of hydrogen-bond acceptors (Lipinski definition) is 7. The van der Waals surface area contributed by atoms with E-state index in [0.717, 1.165) is 0 Å². The quantitative estimate of drug-likeness (QED) is 0.558. The number of aromatic nitrogens is 4. The maximum Gasteiger partial charge on any atom is 0.323 e. The number of nitrogens with one attached hydrogen (secondary N) is 2. The highest BCUT2D eigenvalue weighted by Crippen LogP contribution is 2.20. The van der Waals surface area contributed by atoms with E-state index in [1.165, 1.54) is 12.3 Å². The molecular formula is C18H21N7O3S. The van der Waals surface area contributed by atoms with E-state index in [-0.39, 0.29) is 17.3 Å². The van der Waals surface area contributed by atoms with Gasteiger partial charge in [0.2, 0.25) is 0 Å². The lowest BCUT2D eigenvalue weighted by Crippen LogP contribution is -2.19. The molecule has 3 aromatic rings. The fourth-order valence-electron chi connectivity index (χ4n) is 2.53. The second kappa shape index (κ2) is 8.27. The molecule has 0 saturated heterocycles. The van der Waals surface area contributed by atoms with Crippen LogP contribution in [0.5, 0.6) is 0 Å². The van der Waals surface area contributed by atoms with Crippen LogP contribution in [0.1, 0.15) is 12.6 Å². The lowest BCUT2D eigenvalue weighted by molar-refractivity contribution is 0.262. The third-order valence-electron chi connectivity index (χ3n) is 3.97. The van der Waals surface area contributed by atoms with Crippen molar-refractivity contribution >= 4 is 33.1 Å². The molecule has 2 heterocycles. The van der Waals surface area contributed by atoms with Gasteiger partial charge in [-0.3, -0.25) is 4.68 Å². The number of urea groups is 1. The minimum absolute atomic E-state index is 0.0215. The monoisotopic (exact) mass is 415 g/mol. The summed E-state index contributed by atoms with van der Waals surface area (Å²) in [6, 6.07) is 7.85. The molecule has 4 N–H and O–H groups in total. The van der Waals surface area contributed by atoms with Crippen molar-refractivity contribution in [3.63, 3.8) is 0 Å². The van der Waals surface area contributed by atoms with Crippen molar-refractivity contribution in [3.05, 3.63) is 48.4 Å². The standard InChI is InChI=1S/C18H21N7O3S/c1-3-29(27,28)11-14-8-16(19)24-17(21-14)12-4-6-13(7-5-12)22-18(26)23-15-9-20-25(2)10-15/h4-10H,3,11H2,1-2H3,(H2,19,21,24)(H2,22,23,26). The molecule has 0 aliphatic heterocycles. The van der Waals surface area contributed by atoms with E-state index in [0.29, 0.717) is 28.5 Å². The average Bonchev–Trinajstić information content (AvgIpc) is 3.06. The topological polar surface area (TPSA) is 145 Å². The number of nitrogens with zero attached hydrogens (tertiary/aromatic N) is 4. The van der Waals surface area contributed by atoms with Crippen LogP contribution in [0.25, 0.3) is 11.4 Å². The molecule has 0 unspecified atom stereocenters. The van der Waals surface area contributed by atoms with Crippen molar-refractivity contribution in [3.8, 4) is 11.4 Å². The highest BCUT2D eigenvalue weighted by molar-refractivity contribution is 7.90. The van der Waals surface area contributed by atoms with Gasteiger partial charge in [0.25, 0.3) is 0 Å². The smallest absolute Gasteiger partial charge is 0.323 e. The summed E-state index contributed by atoms with van der Waals surface area (Å²) in [7, 11) is -1.49. The molecule has 0 radical (unpaired) electrons. The van der Waals surface area contributed by atoms with E-state index in [4.69, 9.17) is 5.73 Å². The van der Waals surface area contributed by atoms with Gasteiger partial charge in [0.1, 0.15) is 5.82 Å². The van der Waals surface area contributed by atoms with Crippen molar-refractivity contribution in [1.82, 2.24) is 19.7 Å². The number of carbonyl (C=O) groups excluding carboxylic acids is 1. The molecular weight excluding hydrogens is 394 g/mol. The zero-order valence-corrected chi connectivity index (χ0v) is 16.8. The van der Waals surface area contributed by atoms with Gasteiger partial charge in [-0.05, 0) is 24.3 Å². The molecule has 0 bridgehead atoms. The van der Waals surface area contributed by atoms with Crippen LogP contribution < -0.4 is 16.4 Å². The maximum atomic E-state index is 12.0. The van der Waals surface area contributed by atoms with Crippen molar-refractivity contribution in [2.45, 2.75) is 12.7 Å². The lowest BCUT2D eigenvalue weighted by Gasteiger charge is -2.08. The SMILES string of the molecule is CCS(=O)(=O)Cc1cc(N)nc(-c2ccc(NC(=O)Nc3cnn(C)c3)cc2)n1. The second-order valence-corrected chi connectivity index (χ2v) is 8.70. The lowest BCUT2D eigenvalue weighted by atomic mass is 10.2. The summed E-state index contributed by atoms with van der Waals surface area (Å²) in [4.78, 5) is 20.5. The number of sulfone groups is 1. The molecule has 0 aliphatic rings. The molecule has 1 aromatic carbocycles. The van der Waals surface area contributed by atoms with Gasteiger partial charge in [0.05, 0.1) is 23.3 Å². The van der Waals surface area contributed by atoms with Gasteiger partial charge in [-0.1, -0.05) is 6.92 Å². The molecule has 3 rings (SSSR count). The first-order valence-corrected chi connectivity index (χ1v) is 10.6. The Hall–Kier alpha value is -3.47. The summed E-state index contributed by atoms with van der Waals surface area (Å²) in [5.74, 6) is 0.331. The predicted molar refractivity (Wildman–Crippen MR) is 111 cm³/mol. The third kappa shape index (κ3) is 5.51. The Morgan fingerprint density at radius 1 is 1.14 bits per heavy atom. The van der Waals surface area contributed by atoms with Crippen LogP contribution in [0.2, 0.25) is 0 Å². The van der Waals surface area contributed by atoms with Crippen LogP contribution in [0.15, 0.2) is 42.7 Å². The fraction of sp³-hybridized carbons (Fsp3) is 0.222. The molecule has 0 saturated carbocycles. The first-order chi connectivity index (χ1) is 13.7. The maximum absolute atomic E-state index is 12.0. The van der Waals surface area contributed by atoms with Crippen LogP contribution in [0, 0.1) is 0 Å². The van der Waals surface area contributed by atoms with Crippen molar-refractivity contribution in [1.29, 1.82) is 0 Å². The van der Waals surface area contributed by atoms with E-state index in [2.05, 4.69) is 25.7 Å². The highest BCUT2D eigenvalue weighted by Gasteiger charge is 2.13. The summed E-state index contributed by atoms with van der Waals surface area (Å²) >= 11 is 0. The molecule has 0 spiro atoms. The minimum Gasteiger partial charge on any atom is -0.384 e. The largest absolute Gasteiger partial charge is 0.384 e. The predicted octanol–water partition coefficient (Wildman–Crippen LogP) is 2.04. The van der Waals surface area contributed by atoms with Crippen molar-refractivity contribution in [2.75, 3.05) is 22.1 Å². The highest BCUT2D eigenvalue weighted by atomic mass is 32.2. The number of carbonyl (C=O) groups is 1. The zero-order chi connectivity index (χ0) is 21.0. The number of benzene rings is 1. The molecule has 0 atom stereocenters. The number of amides is 2. The molecule has 29 heavy (non-hydrogen) atoms. The fourth-order valence-corrected chi connectivity index (χ4v) is 3.33. The number of rotatable bonds is 6. The molecule has 2 aromatic heterocycles. The Labute approximate surface area is 168 Å². The van der Waals surface area contributed by atoms with Crippen LogP contribution >= 0.6 is 0 Å². The van der Waals surface area contributed by atoms with Gasteiger partial charge in [0.15, 0.2) is 15.7 Å². The number of nitrogens with two attached hydrogens (primary N) is 1. The molecule has 152 valence electrons. The number of hydrogen-bond donors (Lipinski definition) is 3. The Bertz CT molecular complexity index is 1120. The molecule has 2 amide bonds. The van der Waals surface area contributed by atoms with E-state index in [9.17, 15) is 13.2 Å². The first kappa shape index (κ1) is 20.3. The molecule has 11 heteroatoms.